The minimum atomic E-state index is -4.67. The third kappa shape index (κ3) is 5.75. The fourth-order valence-electron chi connectivity index (χ4n) is 4.36. The number of amides is 1. The van der Waals surface area contributed by atoms with Gasteiger partial charge in [0, 0.05) is 19.5 Å². The van der Waals surface area contributed by atoms with Crippen LogP contribution in [0.15, 0.2) is 30.5 Å². The molecule has 2 heterocycles. The van der Waals surface area contributed by atoms with Gasteiger partial charge < -0.3 is 14.5 Å². The van der Waals surface area contributed by atoms with Crippen LogP contribution in [0.3, 0.4) is 0 Å². The Balaban J connectivity index is 0.00000193. The van der Waals surface area contributed by atoms with Crippen LogP contribution in [0.25, 0.3) is 0 Å². The van der Waals surface area contributed by atoms with E-state index in [9.17, 15) is 18.0 Å². The van der Waals surface area contributed by atoms with Crippen molar-refractivity contribution in [1.29, 1.82) is 0 Å². The second kappa shape index (κ2) is 10.4. The summed E-state index contributed by atoms with van der Waals surface area (Å²) in [6.07, 6.45) is -0.298. The molecule has 1 aromatic heterocycles. The lowest BCUT2D eigenvalue weighted by Crippen LogP contribution is -2.46. The van der Waals surface area contributed by atoms with Gasteiger partial charge >= 0.3 is 6.36 Å². The SMILES string of the molecule is C.C.CCN1CC(=O)N(CC)c2cnc(CC3CC(c4ccc(OC(F)(F)F)cc4)C3)nc21. The molecular weight excluding hydrogens is 433 g/mol. The molecule has 0 saturated heterocycles. The van der Waals surface area contributed by atoms with E-state index in [2.05, 4.69) is 9.72 Å². The summed E-state index contributed by atoms with van der Waals surface area (Å²) in [5.74, 6) is 2.18. The van der Waals surface area contributed by atoms with E-state index in [0.717, 1.165) is 42.2 Å². The van der Waals surface area contributed by atoms with Gasteiger partial charge in [-0.05, 0) is 56.2 Å². The molecule has 182 valence electrons. The van der Waals surface area contributed by atoms with Crippen molar-refractivity contribution in [2.75, 3.05) is 29.4 Å². The van der Waals surface area contributed by atoms with Gasteiger partial charge in [-0.15, -0.1) is 13.2 Å². The van der Waals surface area contributed by atoms with Crippen LogP contribution >= 0.6 is 0 Å². The summed E-state index contributed by atoms with van der Waals surface area (Å²) in [7, 11) is 0. The molecule has 0 atom stereocenters. The van der Waals surface area contributed by atoms with Crippen LogP contribution in [0.4, 0.5) is 24.7 Å². The molecule has 1 aliphatic heterocycles. The molecule has 6 nitrogen and oxygen atoms in total. The van der Waals surface area contributed by atoms with Crippen molar-refractivity contribution in [3.63, 3.8) is 0 Å². The summed E-state index contributed by atoms with van der Waals surface area (Å²) in [5.41, 5.74) is 1.78. The summed E-state index contributed by atoms with van der Waals surface area (Å²) in [5, 5.41) is 0. The smallest absolute Gasteiger partial charge is 0.406 e. The molecule has 33 heavy (non-hydrogen) atoms. The first-order valence-corrected chi connectivity index (χ1v) is 10.5. The van der Waals surface area contributed by atoms with Gasteiger partial charge in [-0.25, -0.2) is 9.97 Å². The number of anilines is 2. The number of carbonyl (C=O) groups is 1. The second-order valence-electron chi connectivity index (χ2n) is 8.00. The van der Waals surface area contributed by atoms with Gasteiger partial charge in [-0.3, -0.25) is 4.79 Å². The van der Waals surface area contributed by atoms with Crippen molar-refractivity contribution in [3.8, 4) is 5.75 Å². The molecule has 2 aliphatic rings. The van der Waals surface area contributed by atoms with E-state index >= 15 is 0 Å². The van der Waals surface area contributed by atoms with Gasteiger partial charge in [0.2, 0.25) is 5.91 Å². The lowest BCUT2D eigenvalue weighted by atomic mass is 9.70. The van der Waals surface area contributed by atoms with Crippen LogP contribution in [-0.4, -0.2) is 41.9 Å². The molecular formula is C24H33F3N4O2. The summed E-state index contributed by atoms with van der Waals surface area (Å²) < 4.78 is 40.8. The van der Waals surface area contributed by atoms with Crippen molar-refractivity contribution in [3.05, 3.63) is 41.9 Å². The molecule has 1 fully saturated rings. The lowest BCUT2D eigenvalue weighted by molar-refractivity contribution is -0.274. The number of ether oxygens (including phenoxy) is 1. The maximum atomic E-state index is 12.3. The van der Waals surface area contributed by atoms with Gasteiger partial charge in [0.05, 0.1) is 12.7 Å². The highest BCUT2D eigenvalue weighted by molar-refractivity contribution is 6.02. The van der Waals surface area contributed by atoms with Crippen molar-refractivity contribution in [1.82, 2.24) is 9.97 Å². The van der Waals surface area contributed by atoms with Gasteiger partial charge in [-0.1, -0.05) is 27.0 Å². The van der Waals surface area contributed by atoms with E-state index in [-0.39, 0.29) is 26.5 Å². The van der Waals surface area contributed by atoms with Crippen LogP contribution in [0.1, 0.15) is 58.8 Å². The molecule has 0 bridgehead atoms. The monoisotopic (exact) mass is 466 g/mol. The highest BCUT2D eigenvalue weighted by atomic mass is 19.4. The zero-order valence-electron chi connectivity index (χ0n) is 17.5. The van der Waals surface area contributed by atoms with Gasteiger partial charge in [0.15, 0.2) is 5.82 Å². The van der Waals surface area contributed by atoms with Crippen molar-refractivity contribution in [2.24, 2.45) is 5.92 Å². The molecule has 0 radical (unpaired) electrons. The maximum Gasteiger partial charge on any atom is 0.573 e. The Bertz CT molecular complexity index is 944. The first kappa shape index (κ1) is 26.4. The Morgan fingerprint density at radius 2 is 1.76 bits per heavy atom. The zero-order chi connectivity index (χ0) is 22.2. The fourth-order valence-corrected chi connectivity index (χ4v) is 4.36. The average Bonchev–Trinajstić information content (AvgIpc) is 2.69. The summed E-state index contributed by atoms with van der Waals surface area (Å²) in [6.45, 7) is 5.55. The summed E-state index contributed by atoms with van der Waals surface area (Å²) >= 11 is 0. The molecule has 0 N–H and O–H groups in total. The number of hydrogen-bond donors (Lipinski definition) is 0. The molecule has 1 aromatic carbocycles. The number of benzene rings is 1. The average molecular weight is 467 g/mol. The Hall–Kier alpha value is -2.84. The number of nitrogens with zero attached hydrogens (tertiary/aromatic N) is 4. The van der Waals surface area contributed by atoms with Crippen molar-refractivity contribution in [2.45, 2.75) is 60.2 Å². The normalized spacial score (nSPS) is 19.7. The molecule has 1 saturated carbocycles. The number of hydrogen-bond acceptors (Lipinski definition) is 5. The summed E-state index contributed by atoms with van der Waals surface area (Å²) in [6, 6.07) is 6.13. The Labute approximate surface area is 193 Å². The van der Waals surface area contributed by atoms with Gasteiger partial charge in [0.1, 0.15) is 17.3 Å². The maximum absolute atomic E-state index is 12.3. The predicted molar refractivity (Wildman–Crippen MR) is 124 cm³/mol. The van der Waals surface area contributed by atoms with Gasteiger partial charge in [-0.2, -0.15) is 0 Å². The molecule has 0 spiro atoms. The quantitative estimate of drug-likeness (QED) is 0.557. The van der Waals surface area contributed by atoms with E-state index in [0.29, 0.717) is 31.5 Å². The lowest BCUT2D eigenvalue weighted by Gasteiger charge is -2.37. The molecule has 0 unspecified atom stereocenters. The molecule has 1 amide bonds. The van der Waals surface area contributed by atoms with Crippen LogP contribution < -0.4 is 14.5 Å². The number of rotatable bonds is 6. The van der Waals surface area contributed by atoms with Crippen LogP contribution in [0.5, 0.6) is 5.75 Å². The summed E-state index contributed by atoms with van der Waals surface area (Å²) in [4.78, 5) is 25.3. The number of likely N-dealkylation sites (N-methyl/N-ethyl adjacent to an activating group) is 2. The Morgan fingerprint density at radius 3 is 2.33 bits per heavy atom. The Kier molecular flexibility index (Phi) is 8.32. The third-order valence-corrected chi connectivity index (χ3v) is 6.01. The topological polar surface area (TPSA) is 58.6 Å². The van der Waals surface area contributed by atoms with E-state index in [1.807, 2.05) is 18.7 Å². The van der Waals surface area contributed by atoms with Crippen LogP contribution in [0.2, 0.25) is 0 Å². The number of carbonyl (C=O) groups excluding carboxylic acids is 1. The molecule has 9 heteroatoms. The minimum absolute atomic E-state index is 0. The largest absolute Gasteiger partial charge is 0.573 e. The highest BCUT2D eigenvalue weighted by Gasteiger charge is 2.34. The number of fused-ring (bicyclic) bond motifs is 1. The zero-order valence-corrected chi connectivity index (χ0v) is 17.5. The van der Waals surface area contributed by atoms with Crippen molar-refractivity contribution >= 4 is 17.4 Å². The number of aromatic nitrogens is 2. The third-order valence-electron chi connectivity index (χ3n) is 6.01. The van der Waals surface area contributed by atoms with Crippen LogP contribution in [0, 0.1) is 5.92 Å². The van der Waals surface area contributed by atoms with Crippen molar-refractivity contribution < 1.29 is 22.7 Å². The first-order chi connectivity index (χ1) is 14.8. The Morgan fingerprint density at radius 1 is 1.09 bits per heavy atom. The molecule has 4 rings (SSSR count). The second-order valence-corrected chi connectivity index (χ2v) is 8.00. The fraction of sp³-hybridized carbons (Fsp3) is 0.542. The van der Waals surface area contributed by atoms with E-state index in [4.69, 9.17) is 4.98 Å². The van der Waals surface area contributed by atoms with Crippen LogP contribution in [-0.2, 0) is 11.2 Å². The number of alkyl halides is 3. The first-order valence-electron chi connectivity index (χ1n) is 10.5. The van der Waals surface area contributed by atoms with E-state index in [1.165, 1.54) is 12.1 Å². The van der Waals surface area contributed by atoms with Gasteiger partial charge in [0.25, 0.3) is 0 Å². The highest BCUT2D eigenvalue weighted by Crippen LogP contribution is 2.43. The predicted octanol–water partition coefficient (Wildman–Crippen LogP) is 5.58. The number of halogens is 3. The van der Waals surface area contributed by atoms with E-state index < -0.39 is 6.36 Å². The molecule has 1 aliphatic carbocycles. The molecule has 2 aromatic rings. The van der Waals surface area contributed by atoms with E-state index in [1.54, 1.807) is 23.2 Å². The minimum Gasteiger partial charge on any atom is -0.406 e. The standard InChI is InChI=1S/C22H25F3N4O2.2CH4/c1-3-28-13-20(30)29(4-2)18-12-26-19(27-21(18)28)11-14-9-16(10-14)15-5-7-17(8-6-15)31-22(23,24)25;;/h5-8,12,14,16H,3-4,9-11,13H2,1-2H3;2*1H4.